The van der Waals surface area contributed by atoms with Gasteiger partial charge in [-0.25, -0.2) is 0 Å². The highest BCUT2D eigenvalue weighted by molar-refractivity contribution is 5.78. The first-order chi connectivity index (χ1) is 9.47. The normalized spacial score (nSPS) is 12.2. The van der Waals surface area contributed by atoms with Crippen molar-refractivity contribution < 1.29 is 14.7 Å². The highest BCUT2D eigenvalue weighted by atomic mass is 16.4. The molecule has 1 atom stereocenters. The summed E-state index contributed by atoms with van der Waals surface area (Å²) in [6.45, 7) is 4.49. The Kier molecular flexibility index (Phi) is 6.70. The van der Waals surface area contributed by atoms with Crippen molar-refractivity contribution in [1.82, 2.24) is 10.3 Å². The van der Waals surface area contributed by atoms with Crippen LogP contribution >= 0.6 is 0 Å². The molecule has 20 heavy (non-hydrogen) atoms. The summed E-state index contributed by atoms with van der Waals surface area (Å²) in [5.41, 5.74) is 0.712. The van der Waals surface area contributed by atoms with E-state index in [0.717, 1.165) is 6.42 Å². The van der Waals surface area contributed by atoms with Crippen LogP contribution in [0.25, 0.3) is 0 Å². The smallest absolute Gasteiger partial charge is 0.303 e. The lowest BCUT2D eigenvalue weighted by atomic mass is 9.94. The van der Waals surface area contributed by atoms with Crippen molar-refractivity contribution in [2.45, 2.75) is 33.1 Å². The van der Waals surface area contributed by atoms with E-state index in [0.29, 0.717) is 18.2 Å². The van der Waals surface area contributed by atoms with E-state index in [4.69, 9.17) is 5.11 Å². The summed E-state index contributed by atoms with van der Waals surface area (Å²) in [6.07, 6.45) is 2.75. The second-order valence-corrected chi connectivity index (χ2v) is 5.40. The van der Waals surface area contributed by atoms with Gasteiger partial charge in [0.15, 0.2) is 0 Å². The van der Waals surface area contributed by atoms with Crippen LogP contribution in [0.2, 0.25) is 0 Å². The van der Waals surface area contributed by atoms with E-state index in [1.807, 2.05) is 19.9 Å². The molecular formula is C15H22N2O3. The first-order valence-electron chi connectivity index (χ1n) is 6.85. The van der Waals surface area contributed by atoms with E-state index >= 15 is 0 Å². The van der Waals surface area contributed by atoms with Crippen LogP contribution in [0.15, 0.2) is 24.4 Å². The number of aliphatic carboxylic acids is 1. The zero-order chi connectivity index (χ0) is 15.0. The Labute approximate surface area is 119 Å². The second kappa shape index (κ2) is 8.30. The first kappa shape index (κ1) is 16.1. The van der Waals surface area contributed by atoms with E-state index in [2.05, 4.69) is 10.3 Å². The number of aromatic nitrogens is 1. The Morgan fingerprint density at radius 1 is 1.35 bits per heavy atom. The van der Waals surface area contributed by atoms with Crippen molar-refractivity contribution in [3.05, 3.63) is 30.1 Å². The highest BCUT2D eigenvalue weighted by Crippen LogP contribution is 2.14. The van der Waals surface area contributed by atoms with Gasteiger partial charge in [0.2, 0.25) is 5.91 Å². The zero-order valence-electron chi connectivity index (χ0n) is 12.0. The molecule has 0 saturated heterocycles. The molecule has 2 N–H and O–H groups in total. The van der Waals surface area contributed by atoms with Crippen LogP contribution in [0, 0.1) is 11.8 Å². The van der Waals surface area contributed by atoms with Crippen molar-refractivity contribution in [2.24, 2.45) is 11.8 Å². The van der Waals surface area contributed by atoms with Gasteiger partial charge in [-0.2, -0.15) is 0 Å². The summed E-state index contributed by atoms with van der Waals surface area (Å²) in [7, 11) is 0. The standard InChI is InChI=1S/C15H22N2O3/c1-11(2)7-12(8-15(19)20)10-17-14(18)9-13-5-3-4-6-16-13/h3-6,11-12H,7-10H2,1-2H3,(H,17,18)(H,19,20)/t12-/m0/s1. The largest absolute Gasteiger partial charge is 0.481 e. The molecule has 1 aromatic heterocycles. The molecule has 0 radical (unpaired) electrons. The fraction of sp³-hybridized carbons (Fsp3) is 0.533. The molecule has 5 heteroatoms. The van der Waals surface area contributed by atoms with E-state index in [1.165, 1.54) is 0 Å². The minimum absolute atomic E-state index is 0.0276. The maximum absolute atomic E-state index is 11.8. The molecular weight excluding hydrogens is 256 g/mol. The molecule has 1 aromatic rings. The number of carboxylic acids is 1. The molecule has 1 rings (SSSR count). The van der Waals surface area contributed by atoms with E-state index in [9.17, 15) is 9.59 Å². The minimum atomic E-state index is -0.824. The Bertz CT molecular complexity index is 432. The number of carbonyl (C=O) groups excluding carboxylic acids is 1. The number of carbonyl (C=O) groups is 2. The molecule has 0 aliphatic rings. The number of amides is 1. The molecule has 1 amide bonds. The molecule has 5 nitrogen and oxygen atoms in total. The number of hydrogen-bond acceptors (Lipinski definition) is 3. The van der Waals surface area contributed by atoms with E-state index in [-0.39, 0.29) is 24.7 Å². The van der Waals surface area contributed by atoms with Crippen LogP contribution in [0.1, 0.15) is 32.4 Å². The van der Waals surface area contributed by atoms with Gasteiger partial charge in [0.25, 0.3) is 0 Å². The minimum Gasteiger partial charge on any atom is -0.481 e. The fourth-order valence-corrected chi connectivity index (χ4v) is 2.14. The van der Waals surface area contributed by atoms with Crippen molar-refractivity contribution in [3.63, 3.8) is 0 Å². The quantitative estimate of drug-likeness (QED) is 0.761. The van der Waals surface area contributed by atoms with Crippen molar-refractivity contribution in [1.29, 1.82) is 0 Å². The fourth-order valence-electron chi connectivity index (χ4n) is 2.14. The van der Waals surface area contributed by atoms with Crippen LogP contribution in [-0.2, 0) is 16.0 Å². The molecule has 0 aliphatic carbocycles. The van der Waals surface area contributed by atoms with Gasteiger partial charge < -0.3 is 10.4 Å². The predicted octanol–water partition coefficient (Wildman–Crippen LogP) is 1.88. The molecule has 0 spiro atoms. The van der Waals surface area contributed by atoms with Gasteiger partial charge in [-0.15, -0.1) is 0 Å². The van der Waals surface area contributed by atoms with Gasteiger partial charge in [0, 0.05) is 24.9 Å². The molecule has 110 valence electrons. The lowest BCUT2D eigenvalue weighted by molar-refractivity contribution is -0.138. The van der Waals surface area contributed by atoms with Gasteiger partial charge in [-0.1, -0.05) is 19.9 Å². The average molecular weight is 278 g/mol. The number of hydrogen-bond donors (Lipinski definition) is 2. The lowest BCUT2D eigenvalue weighted by Gasteiger charge is -2.17. The van der Waals surface area contributed by atoms with Gasteiger partial charge in [-0.3, -0.25) is 14.6 Å². The third kappa shape index (κ3) is 6.87. The van der Waals surface area contributed by atoms with Crippen LogP contribution in [0.3, 0.4) is 0 Å². The molecule has 0 aromatic carbocycles. The third-order valence-corrected chi connectivity index (χ3v) is 2.92. The van der Waals surface area contributed by atoms with Gasteiger partial charge in [-0.05, 0) is 30.4 Å². The van der Waals surface area contributed by atoms with E-state index < -0.39 is 5.97 Å². The molecule has 0 fully saturated rings. The van der Waals surface area contributed by atoms with E-state index in [1.54, 1.807) is 18.3 Å². The molecule has 0 bridgehead atoms. The Hall–Kier alpha value is -1.91. The first-order valence-corrected chi connectivity index (χ1v) is 6.85. The SMILES string of the molecule is CC(C)C[C@H](CNC(=O)Cc1ccccn1)CC(=O)O. The van der Waals surface area contributed by atoms with Crippen LogP contribution < -0.4 is 5.32 Å². The summed E-state index contributed by atoms with van der Waals surface area (Å²) in [6, 6.07) is 5.43. The molecule has 1 heterocycles. The molecule has 0 saturated carbocycles. The van der Waals surface area contributed by atoms with Crippen LogP contribution in [0.5, 0.6) is 0 Å². The lowest BCUT2D eigenvalue weighted by Crippen LogP contribution is -2.32. The number of nitrogens with one attached hydrogen (secondary N) is 1. The highest BCUT2D eigenvalue weighted by Gasteiger charge is 2.16. The monoisotopic (exact) mass is 278 g/mol. The number of rotatable bonds is 8. The average Bonchev–Trinajstić information content (AvgIpc) is 2.36. The Morgan fingerprint density at radius 2 is 2.10 bits per heavy atom. The summed E-state index contributed by atoms with van der Waals surface area (Å²) >= 11 is 0. The van der Waals surface area contributed by atoms with Crippen LogP contribution in [-0.4, -0.2) is 28.5 Å². The maximum atomic E-state index is 11.8. The Balaban J connectivity index is 2.41. The summed E-state index contributed by atoms with van der Waals surface area (Å²) in [5, 5.41) is 11.7. The topological polar surface area (TPSA) is 79.3 Å². The van der Waals surface area contributed by atoms with Gasteiger partial charge in [0.1, 0.15) is 0 Å². The third-order valence-electron chi connectivity index (χ3n) is 2.92. The maximum Gasteiger partial charge on any atom is 0.303 e. The number of pyridine rings is 1. The summed E-state index contributed by atoms with van der Waals surface area (Å²) in [5.74, 6) is -0.565. The van der Waals surface area contributed by atoms with Gasteiger partial charge in [0.05, 0.1) is 6.42 Å². The van der Waals surface area contributed by atoms with Crippen molar-refractivity contribution in [2.75, 3.05) is 6.54 Å². The van der Waals surface area contributed by atoms with Crippen LogP contribution in [0.4, 0.5) is 0 Å². The van der Waals surface area contributed by atoms with Crippen molar-refractivity contribution >= 4 is 11.9 Å². The predicted molar refractivity (Wildman–Crippen MR) is 76.1 cm³/mol. The Morgan fingerprint density at radius 3 is 2.65 bits per heavy atom. The number of nitrogens with zero attached hydrogens (tertiary/aromatic N) is 1. The van der Waals surface area contributed by atoms with Crippen molar-refractivity contribution in [3.8, 4) is 0 Å². The summed E-state index contributed by atoms with van der Waals surface area (Å²) < 4.78 is 0. The summed E-state index contributed by atoms with van der Waals surface area (Å²) in [4.78, 5) is 26.7. The number of carboxylic acid groups (broad SMARTS) is 1. The van der Waals surface area contributed by atoms with Gasteiger partial charge >= 0.3 is 5.97 Å². The second-order valence-electron chi connectivity index (χ2n) is 5.40. The molecule has 0 aliphatic heterocycles. The molecule has 0 unspecified atom stereocenters. The zero-order valence-corrected chi connectivity index (χ0v) is 12.0.